The molecule has 0 radical (unpaired) electrons. The molecule has 0 unspecified atom stereocenters. The van der Waals surface area contributed by atoms with Crippen molar-refractivity contribution in [2.75, 3.05) is 76.0 Å². The van der Waals surface area contributed by atoms with E-state index < -0.39 is 0 Å². The van der Waals surface area contributed by atoms with Gasteiger partial charge in [-0.1, -0.05) is 12.1 Å². The van der Waals surface area contributed by atoms with Crippen LogP contribution in [0, 0.1) is 12.1 Å². The number of hydrogen-bond donors (Lipinski definition) is 0. The van der Waals surface area contributed by atoms with E-state index in [1.807, 2.05) is 127 Å². The number of aromatic nitrogens is 2. The van der Waals surface area contributed by atoms with Gasteiger partial charge in [-0.3, -0.25) is 0 Å². The van der Waals surface area contributed by atoms with Crippen molar-refractivity contribution in [1.82, 2.24) is 9.97 Å². The second-order valence-electron chi connectivity index (χ2n) is 9.28. The zero-order chi connectivity index (χ0) is 26.2. The summed E-state index contributed by atoms with van der Waals surface area (Å²) in [5, 5.41) is 0. The summed E-state index contributed by atoms with van der Waals surface area (Å²) in [5.41, 5.74) is 8.34. The molecule has 0 aliphatic carbocycles. The second-order valence-corrected chi connectivity index (χ2v) is 9.28. The summed E-state index contributed by atoms with van der Waals surface area (Å²) in [5.74, 6) is 0. The van der Waals surface area contributed by atoms with Gasteiger partial charge in [-0.25, -0.2) is 0 Å². The van der Waals surface area contributed by atoms with Crippen molar-refractivity contribution in [3.63, 3.8) is 0 Å². The minimum Gasteiger partial charge on any atom is -0.394 e. The van der Waals surface area contributed by atoms with Gasteiger partial charge in [0, 0.05) is 80.1 Å². The Morgan fingerprint density at radius 2 is 0.892 bits per heavy atom. The molecular formula is C30H36N6Pt. The SMILES string of the molecule is CN(C)c1[c-]c(-c2cc(N(C)C)ccn2)ccc1.CN(C)c1[c-]c(-c2cc(N(C)C)ccn2)ccc1.[Pt+2]. The van der Waals surface area contributed by atoms with E-state index in [9.17, 15) is 0 Å². The molecule has 0 bridgehead atoms. The van der Waals surface area contributed by atoms with Crippen molar-refractivity contribution in [2.45, 2.75) is 0 Å². The molecule has 2 heterocycles. The Balaban J connectivity index is 0.000000253. The zero-order valence-electron chi connectivity index (χ0n) is 22.9. The Bertz CT molecular complexity index is 1070. The van der Waals surface area contributed by atoms with E-state index in [1.165, 1.54) is 0 Å². The molecule has 0 aliphatic heterocycles. The third kappa shape index (κ3) is 8.33. The summed E-state index contributed by atoms with van der Waals surface area (Å²) in [4.78, 5) is 17.1. The molecule has 37 heavy (non-hydrogen) atoms. The molecule has 196 valence electrons. The molecule has 2 aromatic heterocycles. The molecule has 0 spiro atoms. The van der Waals surface area contributed by atoms with Crippen LogP contribution < -0.4 is 19.6 Å². The van der Waals surface area contributed by atoms with Crippen molar-refractivity contribution in [3.05, 3.63) is 85.2 Å². The number of pyridine rings is 2. The normalized spacial score (nSPS) is 9.95. The topological polar surface area (TPSA) is 38.7 Å². The molecule has 0 N–H and O–H groups in total. The zero-order valence-corrected chi connectivity index (χ0v) is 25.2. The van der Waals surface area contributed by atoms with Crippen LogP contribution in [-0.2, 0) is 21.1 Å². The van der Waals surface area contributed by atoms with Gasteiger partial charge in [0.05, 0.1) is 0 Å². The quantitative estimate of drug-likeness (QED) is 0.257. The van der Waals surface area contributed by atoms with Crippen molar-refractivity contribution in [3.8, 4) is 22.5 Å². The first kappa shape index (κ1) is 29.9. The Hall–Kier alpha value is -3.37. The van der Waals surface area contributed by atoms with Crippen molar-refractivity contribution in [1.29, 1.82) is 0 Å². The second kappa shape index (κ2) is 13.8. The van der Waals surface area contributed by atoms with Gasteiger partial charge in [-0.05, 0) is 34.9 Å². The number of benzene rings is 2. The molecule has 0 saturated heterocycles. The van der Waals surface area contributed by atoms with Crippen LogP contribution in [0.2, 0.25) is 0 Å². The molecule has 4 aromatic rings. The van der Waals surface area contributed by atoms with E-state index in [0.717, 1.165) is 45.3 Å². The third-order valence-electron chi connectivity index (χ3n) is 5.59. The largest absolute Gasteiger partial charge is 2.00 e. The van der Waals surface area contributed by atoms with Gasteiger partial charge in [-0.2, -0.15) is 0 Å². The molecule has 0 saturated carbocycles. The average molecular weight is 676 g/mol. The predicted molar refractivity (Wildman–Crippen MR) is 154 cm³/mol. The van der Waals surface area contributed by atoms with E-state index in [1.54, 1.807) is 0 Å². The molecule has 2 aromatic carbocycles. The minimum atomic E-state index is 0. The summed E-state index contributed by atoms with van der Waals surface area (Å²) >= 11 is 0. The summed E-state index contributed by atoms with van der Waals surface area (Å²) < 4.78 is 0. The molecule has 0 amide bonds. The number of nitrogens with zero attached hydrogens (tertiary/aromatic N) is 6. The number of hydrogen-bond acceptors (Lipinski definition) is 6. The van der Waals surface area contributed by atoms with Gasteiger partial charge in [0.1, 0.15) is 0 Å². The van der Waals surface area contributed by atoms with Gasteiger partial charge in [0.25, 0.3) is 0 Å². The van der Waals surface area contributed by atoms with Gasteiger partial charge in [-0.15, -0.1) is 59.7 Å². The monoisotopic (exact) mass is 675 g/mol. The maximum Gasteiger partial charge on any atom is 2.00 e. The first-order valence-electron chi connectivity index (χ1n) is 11.8. The summed E-state index contributed by atoms with van der Waals surface area (Å²) in [7, 11) is 16.2. The predicted octanol–water partition coefficient (Wildman–Crippen LogP) is 5.36. The molecule has 0 fully saturated rings. The Morgan fingerprint density at radius 1 is 0.514 bits per heavy atom. The minimum absolute atomic E-state index is 0. The molecule has 4 rings (SSSR count). The van der Waals surface area contributed by atoms with E-state index in [2.05, 4.69) is 44.0 Å². The summed E-state index contributed by atoms with van der Waals surface area (Å²) in [6.07, 6.45) is 3.67. The van der Waals surface area contributed by atoms with Crippen molar-refractivity contribution >= 4 is 22.7 Å². The van der Waals surface area contributed by atoms with Gasteiger partial charge < -0.3 is 29.6 Å². The van der Waals surface area contributed by atoms with Crippen LogP contribution in [0.5, 0.6) is 0 Å². The molecule has 7 heteroatoms. The van der Waals surface area contributed by atoms with Crippen LogP contribution in [0.3, 0.4) is 0 Å². The summed E-state index contributed by atoms with van der Waals surface area (Å²) in [6, 6.07) is 27.1. The number of anilines is 4. The van der Waals surface area contributed by atoms with Crippen molar-refractivity contribution in [2.24, 2.45) is 0 Å². The molecule has 0 aliphatic rings. The van der Waals surface area contributed by atoms with E-state index in [4.69, 9.17) is 0 Å². The Morgan fingerprint density at radius 3 is 1.22 bits per heavy atom. The van der Waals surface area contributed by atoms with Crippen LogP contribution in [-0.4, -0.2) is 66.3 Å². The molecular weight excluding hydrogens is 639 g/mol. The maximum absolute atomic E-state index is 4.42. The van der Waals surface area contributed by atoms with Crippen LogP contribution in [0.4, 0.5) is 22.7 Å². The number of rotatable bonds is 6. The molecule has 0 atom stereocenters. The molecule has 6 nitrogen and oxygen atoms in total. The smallest absolute Gasteiger partial charge is 0.394 e. The average Bonchev–Trinajstić information content (AvgIpc) is 2.89. The van der Waals surface area contributed by atoms with E-state index in [0.29, 0.717) is 0 Å². The maximum atomic E-state index is 4.42. The first-order valence-corrected chi connectivity index (χ1v) is 11.8. The standard InChI is InChI=1S/2C15H18N3.Pt/c2*1-17(2)13-7-5-6-12(10-13)15-11-14(18(3)4)8-9-16-15;/h2*5-9,11H,1-4H3;/q2*-1;+2. The van der Waals surface area contributed by atoms with Crippen molar-refractivity contribution < 1.29 is 21.1 Å². The first-order chi connectivity index (χ1) is 17.2. The fourth-order valence-corrected chi connectivity index (χ4v) is 3.42. The van der Waals surface area contributed by atoms with Crippen LogP contribution >= 0.6 is 0 Å². The Kier molecular flexibility index (Phi) is 11.1. The van der Waals surface area contributed by atoms with Crippen LogP contribution in [0.25, 0.3) is 22.5 Å². The Labute approximate surface area is 236 Å². The van der Waals surface area contributed by atoms with Crippen LogP contribution in [0.15, 0.2) is 73.1 Å². The third-order valence-corrected chi connectivity index (χ3v) is 5.59. The fraction of sp³-hybridized carbons (Fsp3) is 0.267. The van der Waals surface area contributed by atoms with Crippen LogP contribution in [0.1, 0.15) is 0 Å². The van der Waals surface area contributed by atoms with Gasteiger partial charge in [0.15, 0.2) is 0 Å². The van der Waals surface area contributed by atoms with E-state index >= 15 is 0 Å². The van der Waals surface area contributed by atoms with E-state index in [-0.39, 0.29) is 21.1 Å². The summed E-state index contributed by atoms with van der Waals surface area (Å²) in [6.45, 7) is 0. The fourth-order valence-electron chi connectivity index (χ4n) is 3.42. The van der Waals surface area contributed by atoms with Gasteiger partial charge >= 0.3 is 21.1 Å². The van der Waals surface area contributed by atoms with Gasteiger partial charge in [0.2, 0.25) is 0 Å².